The Bertz CT molecular complexity index is 576. The molecule has 0 heterocycles. The van der Waals surface area contributed by atoms with Crippen molar-refractivity contribution in [2.75, 3.05) is 0 Å². The molecule has 0 fully saturated rings. The Morgan fingerprint density at radius 3 is 2.20 bits per heavy atom. The molecule has 0 amide bonds. The van der Waals surface area contributed by atoms with Crippen molar-refractivity contribution in [3.8, 4) is 0 Å². The van der Waals surface area contributed by atoms with Gasteiger partial charge in [-0.25, -0.2) is 0 Å². The predicted octanol–water partition coefficient (Wildman–Crippen LogP) is 5.80. The Hall–Kier alpha value is -0.640. The third-order valence-electron chi connectivity index (χ3n) is 3.49. The summed E-state index contributed by atoms with van der Waals surface area (Å²) in [5, 5.41) is 3.70. The minimum atomic E-state index is -0.0809. The Morgan fingerprint density at radius 1 is 0.950 bits per heavy atom. The zero-order valence-corrected chi connectivity index (χ0v) is 15.1. The summed E-state index contributed by atoms with van der Waals surface area (Å²) in [4.78, 5) is 0. The molecular weight excluding hydrogens is 378 g/mol. The lowest BCUT2D eigenvalue weighted by Gasteiger charge is -2.31. The molecule has 1 atom stereocenters. The zero-order valence-electron chi connectivity index (χ0n) is 12.0. The van der Waals surface area contributed by atoms with Crippen LogP contribution < -0.4 is 5.32 Å². The van der Waals surface area contributed by atoms with Gasteiger partial charge in [0.25, 0.3) is 0 Å². The maximum atomic E-state index is 3.70. The molecule has 3 heteroatoms. The second kappa shape index (κ2) is 6.42. The Kier molecular flexibility index (Phi) is 5.05. The molecule has 106 valence electrons. The normalized spacial score (nSPS) is 13.2. The molecule has 0 spiro atoms. The lowest BCUT2D eigenvalue weighted by atomic mass is 9.92. The van der Waals surface area contributed by atoms with E-state index in [9.17, 15) is 0 Å². The second-order valence-electron chi connectivity index (χ2n) is 5.55. The predicted molar refractivity (Wildman–Crippen MR) is 92.9 cm³/mol. The van der Waals surface area contributed by atoms with Crippen molar-refractivity contribution in [3.05, 3.63) is 68.6 Å². The van der Waals surface area contributed by atoms with Gasteiger partial charge in [0.15, 0.2) is 0 Å². The lowest BCUT2D eigenvalue weighted by Crippen LogP contribution is -2.38. The monoisotopic (exact) mass is 395 g/mol. The molecule has 2 rings (SSSR count). The van der Waals surface area contributed by atoms with Gasteiger partial charge in [-0.05, 0) is 56.2 Å². The average molecular weight is 397 g/mol. The van der Waals surface area contributed by atoms with Gasteiger partial charge in [0, 0.05) is 20.5 Å². The Labute approximate surface area is 138 Å². The molecule has 2 aromatic carbocycles. The van der Waals surface area contributed by atoms with Gasteiger partial charge < -0.3 is 5.32 Å². The number of hydrogen-bond acceptors (Lipinski definition) is 1. The molecule has 0 aromatic heterocycles. The summed E-state index contributed by atoms with van der Waals surface area (Å²) in [5.74, 6) is 0. The van der Waals surface area contributed by atoms with Crippen LogP contribution in [0.25, 0.3) is 0 Å². The van der Waals surface area contributed by atoms with E-state index in [0.29, 0.717) is 0 Å². The van der Waals surface area contributed by atoms with Crippen molar-refractivity contribution in [2.24, 2.45) is 0 Å². The third kappa shape index (κ3) is 3.94. The fourth-order valence-corrected chi connectivity index (χ4v) is 3.03. The number of benzene rings is 2. The molecule has 1 nitrogen and oxygen atoms in total. The smallest absolute Gasteiger partial charge is 0.0382 e. The van der Waals surface area contributed by atoms with Gasteiger partial charge in [-0.1, -0.05) is 56.1 Å². The largest absolute Gasteiger partial charge is 0.301 e. The fourth-order valence-electron chi connectivity index (χ4n) is 2.35. The van der Waals surface area contributed by atoms with Crippen molar-refractivity contribution in [3.63, 3.8) is 0 Å². The van der Waals surface area contributed by atoms with Crippen LogP contribution in [-0.4, -0.2) is 0 Å². The van der Waals surface area contributed by atoms with Gasteiger partial charge >= 0.3 is 0 Å². The van der Waals surface area contributed by atoms with Crippen LogP contribution in [0.15, 0.2) is 57.5 Å². The van der Waals surface area contributed by atoms with Crippen LogP contribution >= 0.6 is 31.9 Å². The summed E-state index contributed by atoms with van der Waals surface area (Å²) in [7, 11) is 0. The standard InChI is InChI=1S/C17H19Br2N/c1-12(13-5-4-6-16(19)11-13)20-17(2,3)14-7-9-15(18)10-8-14/h4-12,20H,1-3H3. The molecule has 0 bridgehead atoms. The first kappa shape index (κ1) is 15.7. The van der Waals surface area contributed by atoms with Gasteiger partial charge in [0.05, 0.1) is 0 Å². The van der Waals surface area contributed by atoms with Crippen LogP contribution in [0.1, 0.15) is 37.9 Å². The highest BCUT2D eigenvalue weighted by molar-refractivity contribution is 9.10. The van der Waals surface area contributed by atoms with Crippen molar-refractivity contribution in [1.82, 2.24) is 5.32 Å². The molecule has 0 saturated heterocycles. The van der Waals surface area contributed by atoms with Gasteiger partial charge in [-0.2, -0.15) is 0 Å². The van der Waals surface area contributed by atoms with Crippen LogP contribution in [0.2, 0.25) is 0 Å². The summed E-state index contributed by atoms with van der Waals surface area (Å²) in [6.07, 6.45) is 0. The Morgan fingerprint density at radius 2 is 1.60 bits per heavy atom. The third-order valence-corrected chi connectivity index (χ3v) is 4.51. The van der Waals surface area contributed by atoms with E-state index >= 15 is 0 Å². The number of hydrogen-bond donors (Lipinski definition) is 1. The van der Waals surface area contributed by atoms with E-state index < -0.39 is 0 Å². The highest BCUT2D eigenvalue weighted by Gasteiger charge is 2.22. The zero-order chi connectivity index (χ0) is 14.8. The highest BCUT2D eigenvalue weighted by atomic mass is 79.9. The lowest BCUT2D eigenvalue weighted by molar-refractivity contribution is 0.357. The topological polar surface area (TPSA) is 12.0 Å². The SMILES string of the molecule is CC(NC(C)(C)c1ccc(Br)cc1)c1cccc(Br)c1. The van der Waals surface area contributed by atoms with Crippen molar-refractivity contribution in [2.45, 2.75) is 32.4 Å². The first-order valence-electron chi connectivity index (χ1n) is 6.68. The summed E-state index contributed by atoms with van der Waals surface area (Å²) in [6.45, 7) is 6.62. The van der Waals surface area contributed by atoms with E-state index in [1.165, 1.54) is 11.1 Å². The summed E-state index contributed by atoms with van der Waals surface area (Å²) >= 11 is 7.01. The van der Waals surface area contributed by atoms with E-state index in [1.807, 2.05) is 0 Å². The number of rotatable bonds is 4. The minimum absolute atomic E-state index is 0.0809. The van der Waals surface area contributed by atoms with E-state index in [-0.39, 0.29) is 11.6 Å². The van der Waals surface area contributed by atoms with Crippen molar-refractivity contribution >= 4 is 31.9 Å². The maximum absolute atomic E-state index is 3.70. The van der Waals surface area contributed by atoms with Crippen LogP contribution in [0.5, 0.6) is 0 Å². The molecule has 1 unspecified atom stereocenters. The molecular formula is C17H19Br2N. The van der Waals surface area contributed by atoms with Crippen LogP contribution in [0, 0.1) is 0 Å². The molecule has 0 aliphatic heterocycles. The van der Waals surface area contributed by atoms with Crippen LogP contribution in [0.3, 0.4) is 0 Å². The quantitative estimate of drug-likeness (QED) is 0.688. The van der Waals surface area contributed by atoms with Crippen molar-refractivity contribution in [1.29, 1.82) is 0 Å². The maximum Gasteiger partial charge on any atom is 0.0382 e. The first-order chi connectivity index (χ1) is 9.38. The molecule has 1 N–H and O–H groups in total. The highest BCUT2D eigenvalue weighted by Crippen LogP contribution is 2.27. The number of halogens is 2. The molecule has 0 saturated carbocycles. The van der Waals surface area contributed by atoms with Gasteiger partial charge in [-0.3, -0.25) is 0 Å². The Balaban J connectivity index is 2.17. The van der Waals surface area contributed by atoms with Gasteiger partial charge in [0.1, 0.15) is 0 Å². The summed E-state index contributed by atoms with van der Waals surface area (Å²) in [6, 6.07) is 17.2. The summed E-state index contributed by atoms with van der Waals surface area (Å²) in [5.41, 5.74) is 2.48. The van der Waals surface area contributed by atoms with Gasteiger partial charge in [-0.15, -0.1) is 0 Å². The van der Waals surface area contributed by atoms with Crippen LogP contribution in [0.4, 0.5) is 0 Å². The molecule has 0 aliphatic carbocycles. The second-order valence-corrected chi connectivity index (χ2v) is 7.38. The minimum Gasteiger partial charge on any atom is -0.301 e. The molecule has 0 radical (unpaired) electrons. The fraction of sp³-hybridized carbons (Fsp3) is 0.294. The first-order valence-corrected chi connectivity index (χ1v) is 8.26. The molecule has 20 heavy (non-hydrogen) atoms. The van der Waals surface area contributed by atoms with E-state index in [4.69, 9.17) is 0 Å². The molecule has 0 aliphatic rings. The van der Waals surface area contributed by atoms with E-state index in [0.717, 1.165) is 8.95 Å². The summed E-state index contributed by atoms with van der Waals surface area (Å²) < 4.78 is 2.22. The van der Waals surface area contributed by atoms with Gasteiger partial charge in [0.2, 0.25) is 0 Å². The van der Waals surface area contributed by atoms with E-state index in [2.05, 4.69) is 106 Å². The number of nitrogens with one attached hydrogen (secondary N) is 1. The van der Waals surface area contributed by atoms with Crippen molar-refractivity contribution < 1.29 is 0 Å². The van der Waals surface area contributed by atoms with E-state index in [1.54, 1.807) is 0 Å². The molecule has 2 aromatic rings. The average Bonchev–Trinajstić information content (AvgIpc) is 2.38. The van der Waals surface area contributed by atoms with Crippen LogP contribution in [-0.2, 0) is 5.54 Å².